The average molecular weight is 388 g/mol. The lowest BCUT2D eigenvalue weighted by molar-refractivity contribution is -0.116. The number of aryl methyl sites for hydroxylation is 1. The Labute approximate surface area is 161 Å². The van der Waals surface area contributed by atoms with Gasteiger partial charge in [0, 0.05) is 24.1 Å². The summed E-state index contributed by atoms with van der Waals surface area (Å²) in [6.45, 7) is 0. The van der Waals surface area contributed by atoms with Crippen LogP contribution in [0, 0.1) is 0 Å². The molecule has 3 rings (SSSR count). The molecule has 0 aliphatic carbocycles. The van der Waals surface area contributed by atoms with E-state index in [0.29, 0.717) is 34.6 Å². The fourth-order valence-corrected chi connectivity index (χ4v) is 2.66. The quantitative estimate of drug-likeness (QED) is 0.659. The van der Waals surface area contributed by atoms with Crippen molar-refractivity contribution >= 4 is 23.2 Å². The molecule has 1 aromatic heterocycles. The number of carbonyl (C=O) groups excluding carboxylic acids is 1. The van der Waals surface area contributed by atoms with Crippen molar-refractivity contribution in [3.63, 3.8) is 0 Å². The molecule has 1 heterocycles. The maximum Gasteiger partial charge on any atom is 0.227 e. The summed E-state index contributed by atoms with van der Waals surface area (Å²) >= 11 is 6.05. The summed E-state index contributed by atoms with van der Waals surface area (Å²) in [6, 6.07) is 12.4. The number of halogens is 1. The lowest BCUT2D eigenvalue weighted by Gasteiger charge is -2.07. The normalized spacial score (nSPS) is 10.5. The number of aromatic nitrogens is 2. The van der Waals surface area contributed by atoms with Crippen LogP contribution in [0.25, 0.3) is 11.4 Å². The van der Waals surface area contributed by atoms with Crippen molar-refractivity contribution < 1.29 is 18.8 Å². The van der Waals surface area contributed by atoms with E-state index in [0.717, 1.165) is 11.3 Å². The van der Waals surface area contributed by atoms with E-state index in [9.17, 15) is 4.79 Å². The van der Waals surface area contributed by atoms with Gasteiger partial charge in [-0.3, -0.25) is 4.79 Å². The Balaban J connectivity index is 1.56. The summed E-state index contributed by atoms with van der Waals surface area (Å²) in [7, 11) is 3.14. The predicted molar refractivity (Wildman–Crippen MR) is 101 cm³/mol. The fourth-order valence-electron chi connectivity index (χ4n) is 2.40. The molecule has 2 aromatic carbocycles. The minimum atomic E-state index is -0.180. The molecule has 140 valence electrons. The molecule has 0 bridgehead atoms. The third-order valence-corrected chi connectivity index (χ3v) is 4.11. The van der Waals surface area contributed by atoms with Crippen LogP contribution in [0.2, 0.25) is 5.02 Å². The highest BCUT2D eigenvalue weighted by Gasteiger charge is 2.12. The molecule has 0 unspecified atom stereocenters. The minimum absolute atomic E-state index is 0.180. The van der Waals surface area contributed by atoms with Crippen LogP contribution in [0.5, 0.6) is 11.5 Å². The van der Waals surface area contributed by atoms with Crippen molar-refractivity contribution in [2.75, 3.05) is 19.5 Å². The number of nitrogens with zero attached hydrogens (tertiary/aromatic N) is 2. The van der Waals surface area contributed by atoms with Gasteiger partial charge in [-0.1, -0.05) is 16.8 Å². The number of methoxy groups -OCH3 is 2. The highest BCUT2D eigenvalue weighted by atomic mass is 35.5. The number of amides is 1. The molecule has 0 aliphatic heterocycles. The molecule has 0 atom stereocenters. The summed E-state index contributed by atoms with van der Waals surface area (Å²) in [6.07, 6.45) is 0.534. The molecule has 0 aliphatic rings. The van der Waals surface area contributed by atoms with Crippen molar-refractivity contribution in [1.82, 2.24) is 10.1 Å². The van der Waals surface area contributed by atoms with Crippen LogP contribution >= 0.6 is 11.6 Å². The molecule has 0 saturated heterocycles. The summed E-state index contributed by atoms with van der Waals surface area (Å²) < 4.78 is 15.4. The van der Waals surface area contributed by atoms with Crippen LogP contribution in [0.3, 0.4) is 0 Å². The molecule has 0 radical (unpaired) electrons. The zero-order chi connectivity index (χ0) is 19.2. The maximum absolute atomic E-state index is 12.1. The molecule has 0 fully saturated rings. The Kier molecular flexibility index (Phi) is 5.93. The lowest BCUT2D eigenvalue weighted by Crippen LogP contribution is -2.12. The number of rotatable bonds is 7. The van der Waals surface area contributed by atoms with Crippen LogP contribution < -0.4 is 14.8 Å². The largest absolute Gasteiger partial charge is 0.497 e. The van der Waals surface area contributed by atoms with Crippen molar-refractivity contribution in [3.8, 4) is 22.9 Å². The SMILES string of the molecule is COc1ccc(-c2noc(CCC(=O)Nc3ccc(OC)c(Cl)c3)n2)cc1. The molecule has 27 heavy (non-hydrogen) atoms. The highest BCUT2D eigenvalue weighted by Crippen LogP contribution is 2.27. The number of benzene rings is 2. The summed E-state index contributed by atoms with van der Waals surface area (Å²) in [5.41, 5.74) is 1.40. The van der Waals surface area contributed by atoms with Gasteiger partial charge >= 0.3 is 0 Å². The third-order valence-electron chi connectivity index (χ3n) is 3.82. The van der Waals surface area contributed by atoms with Crippen LogP contribution in [0.1, 0.15) is 12.3 Å². The van der Waals surface area contributed by atoms with Gasteiger partial charge in [0.2, 0.25) is 17.6 Å². The first-order valence-electron chi connectivity index (χ1n) is 8.19. The van der Waals surface area contributed by atoms with Gasteiger partial charge in [-0.2, -0.15) is 4.98 Å². The molecular weight excluding hydrogens is 370 g/mol. The highest BCUT2D eigenvalue weighted by molar-refractivity contribution is 6.32. The van der Waals surface area contributed by atoms with E-state index in [1.165, 1.54) is 7.11 Å². The van der Waals surface area contributed by atoms with Gasteiger partial charge in [0.25, 0.3) is 0 Å². The fraction of sp³-hybridized carbons (Fsp3) is 0.211. The van der Waals surface area contributed by atoms with Gasteiger partial charge in [0.05, 0.1) is 19.2 Å². The van der Waals surface area contributed by atoms with Crippen LogP contribution in [0.4, 0.5) is 5.69 Å². The number of nitrogens with one attached hydrogen (secondary N) is 1. The minimum Gasteiger partial charge on any atom is -0.497 e. The Hall–Kier alpha value is -3.06. The second-order valence-electron chi connectivity index (χ2n) is 5.64. The van der Waals surface area contributed by atoms with Gasteiger partial charge in [-0.15, -0.1) is 0 Å². The van der Waals surface area contributed by atoms with E-state index in [2.05, 4.69) is 15.5 Å². The van der Waals surface area contributed by atoms with Crippen molar-refractivity contribution in [2.45, 2.75) is 12.8 Å². The summed E-state index contributed by atoms with van der Waals surface area (Å²) in [5.74, 6) is 1.98. The molecule has 0 saturated carbocycles. The third kappa shape index (κ3) is 4.77. The van der Waals surface area contributed by atoms with Crippen molar-refractivity contribution in [2.24, 2.45) is 0 Å². The number of ether oxygens (including phenoxy) is 2. The van der Waals surface area contributed by atoms with Gasteiger partial charge in [-0.25, -0.2) is 0 Å². The van der Waals surface area contributed by atoms with E-state index in [1.807, 2.05) is 24.3 Å². The van der Waals surface area contributed by atoms with Crippen LogP contribution in [0.15, 0.2) is 47.0 Å². The monoisotopic (exact) mass is 387 g/mol. The van der Waals surface area contributed by atoms with E-state index in [1.54, 1.807) is 25.3 Å². The number of hydrogen-bond donors (Lipinski definition) is 1. The van der Waals surface area contributed by atoms with E-state index in [-0.39, 0.29) is 12.3 Å². The maximum atomic E-state index is 12.1. The van der Waals surface area contributed by atoms with Gasteiger partial charge < -0.3 is 19.3 Å². The first-order chi connectivity index (χ1) is 13.1. The Bertz CT molecular complexity index is 925. The second-order valence-corrected chi connectivity index (χ2v) is 6.04. The second kappa shape index (κ2) is 8.55. The topological polar surface area (TPSA) is 86.5 Å². The van der Waals surface area contributed by atoms with Crippen molar-refractivity contribution in [1.29, 1.82) is 0 Å². The Morgan fingerprint density at radius 1 is 1.15 bits per heavy atom. The van der Waals surface area contributed by atoms with Crippen LogP contribution in [-0.4, -0.2) is 30.3 Å². The summed E-state index contributed by atoms with van der Waals surface area (Å²) in [4.78, 5) is 16.4. The van der Waals surface area contributed by atoms with Crippen LogP contribution in [-0.2, 0) is 11.2 Å². The molecule has 0 spiro atoms. The zero-order valence-corrected chi connectivity index (χ0v) is 15.6. The molecule has 1 N–H and O–H groups in total. The molecule has 8 heteroatoms. The first kappa shape index (κ1) is 18.7. The van der Waals surface area contributed by atoms with Gasteiger partial charge in [-0.05, 0) is 42.5 Å². The van der Waals surface area contributed by atoms with E-state index in [4.69, 9.17) is 25.6 Å². The lowest BCUT2D eigenvalue weighted by atomic mass is 10.2. The zero-order valence-electron chi connectivity index (χ0n) is 14.9. The number of carbonyl (C=O) groups is 1. The average Bonchev–Trinajstić information content (AvgIpc) is 3.16. The van der Waals surface area contributed by atoms with Crippen molar-refractivity contribution in [3.05, 3.63) is 53.4 Å². The van der Waals surface area contributed by atoms with E-state index < -0.39 is 0 Å². The summed E-state index contributed by atoms with van der Waals surface area (Å²) in [5, 5.41) is 7.14. The standard InChI is InChI=1S/C19H18ClN3O4/c1-25-14-6-3-12(4-7-14)19-22-18(27-23-19)10-9-17(24)21-13-5-8-16(26-2)15(20)11-13/h3-8,11H,9-10H2,1-2H3,(H,21,24). The molecule has 7 nitrogen and oxygen atoms in total. The Morgan fingerprint density at radius 2 is 1.93 bits per heavy atom. The number of hydrogen-bond acceptors (Lipinski definition) is 6. The van der Waals surface area contributed by atoms with Gasteiger partial charge in [0.1, 0.15) is 11.5 Å². The Morgan fingerprint density at radius 3 is 2.59 bits per heavy atom. The smallest absolute Gasteiger partial charge is 0.227 e. The van der Waals surface area contributed by atoms with Gasteiger partial charge in [0.15, 0.2) is 0 Å². The molecular formula is C19H18ClN3O4. The molecule has 1 amide bonds. The van der Waals surface area contributed by atoms with E-state index >= 15 is 0 Å². The number of anilines is 1. The molecule has 3 aromatic rings. The predicted octanol–water partition coefficient (Wildman–Crippen LogP) is 3.98. The first-order valence-corrected chi connectivity index (χ1v) is 8.57.